The number of amides is 1. The standard InChI is InChI=1S/C33H33ClFN3O6/c1-4-43-32(41)24-13-12-22(19-29(24)42-3)44-33(35,38-15-7-8-16-38)30(39)18-21-11-14-27(26(34)17-21)36-31(40)25-20-37(2)28-10-6-5-9-23(25)28/h5-6,9-14,17,19-20H,4,7-8,15-16,18H2,1-3H3,(H,36,40). The van der Waals surface area contributed by atoms with E-state index in [9.17, 15) is 14.4 Å². The number of esters is 1. The lowest BCUT2D eigenvalue weighted by Gasteiger charge is -2.33. The van der Waals surface area contributed by atoms with Gasteiger partial charge in [0.1, 0.15) is 17.1 Å². The third-order valence-electron chi connectivity index (χ3n) is 7.57. The molecule has 44 heavy (non-hydrogen) atoms. The van der Waals surface area contributed by atoms with Crippen molar-refractivity contribution in [1.82, 2.24) is 9.47 Å². The molecule has 1 N–H and O–H groups in total. The number of ketones is 1. The van der Waals surface area contributed by atoms with E-state index < -0.39 is 17.7 Å². The van der Waals surface area contributed by atoms with Crippen molar-refractivity contribution in [3.63, 3.8) is 0 Å². The average molecular weight is 622 g/mol. The minimum Gasteiger partial charge on any atom is -0.496 e. The smallest absolute Gasteiger partial charge is 0.371 e. The summed E-state index contributed by atoms with van der Waals surface area (Å²) in [7, 11) is 3.23. The van der Waals surface area contributed by atoms with Crippen LogP contribution in [0.3, 0.4) is 0 Å². The normalized spacial score (nSPS) is 14.7. The quantitative estimate of drug-likeness (QED) is 0.158. The van der Waals surface area contributed by atoms with Crippen LogP contribution in [0.5, 0.6) is 11.5 Å². The van der Waals surface area contributed by atoms with Gasteiger partial charge in [-0.3, -0.25) is 9.59 Å². The lowest BCUT2D eigenvalue weighted by molar-refractivity contribution is -0.191. The van der Waals surface area contributed by atoms with Gasteiger partial charge in [0, 0.05) is 49.7 Å². The molecule has 1 amide bonds. The van der Waals surface area contributed by atoms with Crippen LogP contribution in [0.4, 0.5) is 10.1 Å². The van der Waals surface area contributed by atoms with Crippen molar-refractivity contribution in [3.8, 4) is 11.5 Å². The van der Waals surface area contributed by atoms with Crippen molar-refractivity contribution in [2.45, 2.75) is 32.2 Å². The number of carbonyl (C=O) groups is 3. The maximum atomic E-state index is 16.7. The Kier molecular flexibility index (Phi) is 9.22. The van der Waals surface area contributed by atoms with E-state index >= 15 is 4.39 Å². The van der Waals surface area contributed by atoms with Gasteiger partial charge in [0.25, 0.3) is 5.91 Å². The third-order valence-corrected chi connectivity index (χ3v) is 7.88. The number of Topliss-reactive ketones (excluding diaryl/α,β-unsaturated/α-hetero) is 1. The van der Waals surface area contributed by atoms with Crippen LogP contribution in [0.2, 0.25) is 5.02 Å². The van der Waals surface area contributed by atoms with E-state index in [1.54, 1.807) is 25.3 Å². The molecular formula is C33H33ClFN3O6. The first-order chi connectivity index (χ1) is 21.1. The van der Waals surface area contributed by atoms with Crippen LogP contribution in [-0.2, 0) is 23.0 Å². The van der Waals surface area contributed by atoms with Crippen molar-refractivity contribution in [3.05, 3.63) is 88.6 Å². The second kappa shape index (κ2) is 13.1. The van der Waals surface area contributed by atoms with E-state index in [0.717, 1.165) is 10.9 Å². The zero-order chi connectivity index (χ0) is 31.4. The van der Waals surface area contributed by atoms with E-state index in [1.807, 2.05) is 35.9 Å². The van der Waals surface area contributed by atoms with Crippen molar-refractivity contribution >= 4 is 45.9 Å². The van der Waals surface area contributed by atoms with Gasteiger partial charge in [0.2, 0.25) is 5.78 Å². The number of hydrogen-bond acceptors (Lipinski definition) is 7. The van der Waals surface area contributed by atoms with E-state index in [-0.39, 0.29) is 41.0 Å². The fraction of sp³-hybridized carbons (Fsp3) is 0.303. The maximum Gasteiger partial charge on any atom is 0.371 e. The first-order valence-corrected chi connectivity index (χ1v) is 14.7. The van der Waals surface area contributed by atoms with Gasteiger partial charge in [-0.15, -0.1) is 0 Å². The first-order valence-electron chi connectivity index (χ1n) is 14.3. The third kappa shape index (κ3) is 6.27. The van der Waals surface area contributed by atoms with Crippen molar-refractivity contribution in [2.24, 2.45) is 7.05 Å². The summed E-state index contributed by atoms with van der Waals surface area (Å²) in [6.07, 6.45) is 2.86. The van der Waals surface area contributed by atoms with Gasteiger partial charge in [0.15, 0.2) is 0 Å². The molecule has 1 saturated heterocycles. The zero-order valence-electron chi connectivity index (χ0n) is 24.7. The molecule has 0 spiro atoms. The van der Waals surface area contributed by atoms with Gasteiger partial charge in [-0.05, 0) is 55.7 Å². The highest BCUT2D eigenvalue weighted by atomic mass is 35.5. The second-order valence-corrected chi connectivity index (χ2v) is 10.9. The van der Waals surface area contributed by atoms with Crippen LogP contribution in [-0.4, -0.2) is 59.9 Å². The molecule has 1 aliphatic heterocycles. The molecule has 230 valence electrons. The topological polar surface area (TPSA) is 99.1 Å². The summed E-state index contributed by atoms with van der Waals surface area (Å²) in [5, 5.41) is 3.84. The predicted octanol–water partition coefficient (Wildman–Crippen LogP) is 6.18. The Morgan fingerprint density at radius 1 is 1.02 bits per heavy atom. The molecule has 0 aliphatic carbocycles. The number of fused-ring (bicyclic) bond motifs is 1. The Morgan fingerprint density at radius 3 is 2.48 bits per heavy atom. The van der Waals surface area contributed by atoms with Crippen molar-refractivity contribution in [1.29, 1.82) is 0 Å². The van der Waals surface area contributed by atoms with Gasteiger partial charge >= 0.3 is 11.9 Å². The Morgan fingerprint density at radius 2 is 1.77 bits per heavy atom. The summed E-state index contributed by atoms with van der Waals surface area (Å²) in [5.74, 6) is -4.38. The number of alkyl halides is 1. The molecule has 1 fully saturated rings. The van der Waals surface area contributed by atoms with Gasteiger partial charge in [-0.1, -0.05) is 35.9 Å². The number of likely N-dealkylation sites (tertiary alicyclic amines) is 1. The second-order valence-electron chi connectivity index (χ2n) is 10.5. The Balaban J connectivity index is 1.34. The molecular weight excluding hydrogens is 589 g/mol. The number of ether oxygens (including phenoxy) is 3. The molecule has 1 aromatic heterocycles. The Labute approximate surface area is 259 Å². The lowest BCUT2D eigenvalue weighted by Crippen LogP contribution is -2.55. The molecule has 1 aliphatic rings. The van der Waals surface area contributed by atoms with Gasteiger partial charge < -0.3 is 24.1 Å². The summed E-state index contributed by atoms with van der Waals surface area (Å²) in [5.41, 5.74) is 2.37. The Hall–Kier alpha value is -4.41. The Bertz CT molecular complexity index is 1720. The highest BCUT2D eigenvalue weighted by molar-refractivity contribution is 6.34. The number of methoxy groups -OCH3 is 1. The number of para-hydroxylation sites is 1. The molecule has 11 heteroatoms. The number of nitrogens with one attached hydrogen (secondary N) is 1. The molecule has 0 bridgehead atoms. The van der Waals surface area contributed by atoms with E-state index in [0.29, 0.717) is 42.7 Å². The summed E-state index contributed by atoms with van der Waals surface area (Å²) < 4.78 is 34.6. The fourth-order valence-electron chi connectivity index (χ4n) is 5.35. The summed E-state index contributed by atoms with van der Waals surface area (Å²) in [4.78, 5) is 40.3. The number of aromatic nitrogens is 1. The van der Waals surface area contributed by atoms with E-state index in [1.165, 1.54) is 36.3 Å². The molecule has 0 radical (unpaired) electrons. The molecule has 4 aromatic rings. The number of halogens is 2. The van der Waals surface area contributed by atoms with Gasteiger partial charge in [0.05, 0.1) is 30.0 Å². The lowest BCUT2D eigenvalue weighted by atomic mass is 10.1. The van der Waals surface area contributed by atoms with Crippen LogP contribution >= 0.6 is 11.6 Å². The number of hydrogen-bond donors (Lipinski definition) is 1. The number of anilines is 1. The van der Waals surface area contributed by atoms with E-state index in [2.05, 4.69) is 5.32 Å². The van der Waals surface area contributed by atoms with Crippen LogP contribution in [0.15, 0.2) is 66.9 Å². The molecule has 3 aromatic carbocycles. The van der Waals surface area contributed by atoms with Crippen LogP contribution < -0.4 is 14.8 Å². The highest BCUT2D eigenvalue weighted by Gasteiger charge is 2.48. The van der Waals surface area contributed by atoms with Gasteiger partial charge in [-0.25, -0.2) is 9.69 Å². The molecule has 2 heterocycles. The maximum absolute atomic E-state index is 16.7. The number of rotatable bonds is 11. The monoisotopic (exact) mass is 621 g/mol. The van der Waals surface area contributed by atoms with Crippen LogP contribution in [0.1, 0.15) is 46.0 Å². The minimum atomic E-state index is -2.78. The molecule has 1 atom stereocenters. The molecule has 1 unspecified atom stereocenters. The molecule has 9 nitrogen and oxygen atoms in total. The number of benzene rings is 3. The molecule has 0 saturated carbocycles. The minimum absolute atomic E-state index is 0.0159. The average Bonchev–Trinajstić information content (AvgIpc) is 3.68. The fourth-order valence-corrected chi connectivity index (χ4v) is 5.60. The number of nitrogens with zero attached hydrogens (tertiary/aromatic N) is 2. The van der Waals surface area contributed by atoms with Crippen LogP contribution in [0, 0.1) is 0 Å². The summed E-state index contributed by atoms with van der Waals surface area (Å²) in [6, 6.07) is 16.5. The summed E-state index contributed by atoms with van der Waals surface area (Å²) in [6.45, 7) is 2.53. The highest BCUT2D eigenvalue weighted by Crippen LogP contribution is 2.34. The van der Waals surface area contributed by atoms with Crippen molar-refractivity contribution in [2.75, 3.05) is 32.1 Å². The first kappa shape index (κ1) is 31.0. The largest absolute Gasteiger partial charge is 0.496 e. The molecule has 5 rings (SSSR count). The zero-order valence-corrected chi connectivity index (χ0v) is 25.4. The number of carbonyl (C=O) groups excluding carboxylic acids is 3. The van der Waals surface area contributed by atoms with Crippen molar-refractivity contribution < 1.29 is 33.0 Å². The van der Waals surface area contributed by atoms with Gasteiger partial charge in [-0.2, -0.15) is 4.39 Å². The van der Waals surface area contributed by atoms with Crippen LogP contribution in [0.25, 0.3) is 10.9 Å². The number of aryl methyl sites for hydroxylation is 1. The predicted molar refractivity (Wildman–Crippen MR) is 165 cm³/mol. The SMILES string of the molecule is CCOC(=O)c1ccc(OC(F)(C(=O)Cc2ccc(NC(=O)c3cn(C)c4ccccc34)c(Cl)c2)N2CCCC2)cc1OC. The van der Waals surface area contributed by atoms with E-state index in [4.69, 9.17) is 25.8 Å². The summed E-state index contributed by atoms with van der Waals surface area (Å²) >= 11 is 6.52.